The van der Waals surface area contributed by atoms with Crippen molar-refractivity contribution < 1.29 is 0 Å². The first-order chi connectivity index (χ1) is 10.8. The van der Waals surface area contributed by atoms with Crippen molar-refractivity contribution in [2.24, 2.45) is 11.8 Å². The summed E-state index contributed by atoms with van der Waals surface area (Å²) >= 11 is 5.61. The van der Waals surface area contributed by atoms with Gasteiger partial charge in [-0.3, -0.25) is 4.98 Å². The van der Waals surface area contributed by atoms with E-state index < -0.39 is 0 Å². The van der Waals surface area contributed by atoms with Crippen LogP contribution >= 0.6 is 12.2 Å². The Hall–Kier alpha value is -1.93. The lowest BCUT2D eigenvalue weighted by atomic mass is 10.0. The Morgan fingerprint density at radius 1 is 1.36 bits per heavy atom. The normalized spacial score (nSPS) is 25.0. The van der Waals surface area contributed by atoms with Crippen LogP contribution in [0.4, 0.5) is 0 Å². The van der Waals surface area contributed by atoms with Crippen molar-refractivity contribution in [3.63, 3.8) is 0 Å². The third-order valence-corrected chi connectivity index (χ3v) is 4.87. The lowest BCUT2D eigenvalue weighted by Crippen LogP contribution is -2.46. The second-order valence-electron chi connectivity index (χ2n) is 6.02. The molecule has 0 aromatic carbocycles. The molecule has 1 fully saturated rings. The average molecular weight is 312 g/mol. The Kier molecular flexibility index (Phi) is 4.69. The smallest absolute Gasteiger partial charge is 0.169 e. The van der Waals surface area contributed by atoms with Crippen LogP contribution in [0.15, 0.2) is 36.7 Å². The predicted molar refractivity (Wildman–Crippen MR) is 89.8 cm³/mol. The number of aromatic nitrogens is 1. The molecule has 3 atom stereocenters. The molecular weight excluding hydrogens is 292 g/mol. The van der Waals surface area contributed by atoms with Crippen LogP contribution in [0, 0.1) is 23.2 Å². The van der Waals surface area contributed by atoms with Gasteiger partial charge in [-0.2, -0.15) is 5.26 Å². The van der Waals surface area contributed by atoms with Crippen molar-refractivity contribution in [2.45, 2.75) is 31.8 Å². The van der Waals surface area contributed by atoms with E-state index >= 15 is 0 Å². The van der Waals surface area contributed by atoms with Crippen LogP contribution in [-0.2, 0) is 6.54 Å². The predicted octanol–water partition coefficient (Wildman–Crippen LogP) is 2.64. The lowest BCUT2D eigenvalue weighted by molar-refractivity contribution is 0.396. The van der Waals surface area contributed by atoms with Crippen molar-refractivity contribution in [1.82, 2.24) is 15.2 Å². The van der Waals surface area contributed by atoms with Gasteiger partial charge in [-0.05, 0) is 54.6 Å². The molecule has 0 unspecified atom stereocenters. The standard InChI is InChI=1S/C17H20N4S/c18-6-1-9-21(12-13-4-7-19-8-5-13)17(22)20-16-11-14-2-3-15(16)10-14/h2-5,7-8,14-16H,1,9-12H2,(H,20,22)/t14-,15-,16+/m0/s1. The SMILES string of the molecule is N#CCCN(Cc1ccncc1)C(=S)N[C@@H]1C[C@H]2C=C[C@H]1C2. The minimum atomic E-state index is 0.449. The largest absolute Gasteiger partial charge is 0.359 e. The van der Waals surface area contributed by atoms with Crippen molar-refractivity contribution in [2.75, 3.05) is 6.54 Å². The summed E-state index contributed by atoms with van der Waals surface area (Å²) in [6.07, 6.45) is 11.1. The maximum absolute atomic E-state index is 8.87. The maximum Gasteiger partial charge on any atom is 0.169 e. The molecule has 3 rings (SSSR count). The first kappa shape index (κ1) is 15.0. The van der Waals surface area contributed by atoms with Crippen LogP contribution in [0.3, 0.4) is 0 Å². The van der Waals surface area contributed by atoms with E-state index in [-0.39, 0.29) is 0 Å². The number of nitrogens with zero attached hydrogens (tertiary/aromatic N) is 3. The minimum Gasteiger partial charge on any atom is -0.359 e. The fourth-order valence-electron chi connectivity index (χ4n) is 3.34. The van der Waals surface area contributed by atoms with Crippen LogP contribution in [0.25, 0.3) is 0 Å². The van der Waals surface area contributed by atoms with Crippen LogP contribution in [0.1, 0.15) is 24.8 Å². The van der Waals surface area contributed by atoms with Gasteiger partial charge in [-0.1, -0.05) is 12.2 Å². The monoisotopic (exact) mass is 312 g/mol. The lowest BCUT2D eigenvalue weighted by Gasteiger charge is -2.29. The molecular formula is C17H20N4S. The summed E-state index contributed by atoms with van der Waals surface area (Å²) in [5.74, 6) is 1.33. The number of fused-ring (bicyclic) bond motifs is 2. The van der Waals surface area contributed by atoms with Gasteiger partial charge in [-0.15, -0.1) is 0 Å². The van der Waals surface area contributed by atoms with Gasteiger partial charge in [0, 0.05) is 31.5 Å². The Balaban J connectivity index is 1.62. The van der Waals surface area contributed by atoms with Gasteiger partial charge in [0.1, 0.15) is 0 Å². The Bertz CT molecular complexity index is 592. The van der Waals surface area contributed by atoms with E-state index in [1.165, 1.54) is 12.8 Å². The van der Waals surface area contributed by atoms with Crippen LogP contribution in [0.2, 0.25) is 0 Å². The highest BCUT2D eigenvalue weighted by Gasteiger charge is 2.36. The molecule has 5 heteroatoms. The zero-order chi connectivity index (χ0) is 15.4. The van der Waals surface area contributed by atoms with Gasteiger partial charge in [0.05, 0.1) is 12.5 Å². The number of hydrogen-bond acceptors (Lipinski definition) is 3. The summed E-state index contributed by atoms with van der Waals surface area (Å²) in [5, 5.41) is 13.2. The molecule has 1 aromatic rings. The second kappa shape index (κ2) is 6.89. The van der Waals surface area contributed by atoms with Crippen LogP contribution in [0.5, 0.6) is 0 Å². The van der Waals surface area contributed by atoms with Gasteiger partial charge in [0.15, 0.2) is 5.11 Å². The zero-order valence-electron chi connectivity index (χ0n) is 12.5. The summed E-state index contributed by atoms with van der Waals surface area (Å²) in [6, 6.07) is 6.63. The third-order valence-electron chi connectivity index (χ3n) is 4.49. The van der Waals surface area contributed by atoms with E-state index in [0.717, 1.165) is 16.6 Å². The molecule has 0 radical (unpaired) electrons. The minimum absolute atomic E-state index is 0.449. The van der Waals surface area contributed by atoms with Gasteiger partial charge in [0.2, 0.25) is 0 Å². The number of rotatable bonds is 5. The molecule has 1 heterocycles. The first-order valence-electron chi connectivity index (χ1n) is 7.76. The number of pyridine rings is 1. The molecule has 0 spiro atoms. The Morgan fingerprint density at radius 3 is 2.82 bits per heavy atom. The van der Waals surface area contributed by atoms with Crippen molar-refractivity contribution in [3.05, 3.63) is 42.2 Å². The van der Waals surface area contributed by atoms with Gasteiger partial charge >= 0.3 is 0 Å². The molecule has 4 nitrogen and oxygen atoms in total. The van der Waals surface area contributed by atoms with E-state index in [4.69, 9.17) is 17.5 Å². The van der Waals surface area contributed by atoms with Crippen LogP contribution in [-0.4, -0.2) is 27.6 Å². The molecule has 1 aromatic heterocycles. The second-order valence-corrected chi connectivity index (χ2v) is 6.41. The van der Waals surface area contributed by atoms with E-state index in [1.54, 1.807) is 12.4 Å². The first-order valence-corrected chi connectivity index (χ1v) is 8.16. The molecule has 2 aliphatic rings. The van der Waals surface area contributed by atoms with E-state index in [2.05, 4.69) is 33.4 Å². The van der Waals surface area contributed by atoms with E-state index in [1.807, 2.05) is 12.1 Å². The fourth-order valence-corrected chi connectivity index (χ4v) is 3.65. The van der Waals surface area contributed by atoms with Crippen molar-refractivity contribution in [1.29, 1.82) is 5.26 Å². The number of allylic oxidation sites excluding steroid dienone is 1. The van der Waals surface area contributed by atoms with Crippen molar-refractivity contribution in [3.8, 4) is 6.07 Å². The number of nitriles is 1. The molecule has 22 heavy (non-hydrogen) atoms. The highest BCUT2D eigenvalue weighted by atomic mass is 32.1. The highest BCUT2D eigenvalue weighted by molar-refractivity contribution is 7.80. The van der Waals surface area contributed by atoms with Gasteiger partial charge < -0.3 is 10.2 Å². The van der Waals surface area contributed by atoms with Gasteiger partial charge in [0.25, 0.3) is 0 Å². The molecule has 2 bridgehead atoms. The number of nitrogens with one attached hydrogen (secondary N) is 1. The maximum atomic E-state index is 8.87. The zero-order valence-corrected chi connectivity index (χ0v) is 13.3. The average Bonchev–Trinajstić information content (AvgIpc) is 3.15. The third kappa shape index (κ3) is 3.45. The Morgan fingerprint density at radius 2 is 2.18 bits per heavy atom. The van der Waals surface area contributed by atoms with E-state index in [0.29, 0.717) is 31.5 Å². The number of hydrogen-bond donors (Lipinski definition) is 1. The van der Waals surface area contributed by atoms with Gasteiger partial charge in [-0.25, -0.2) is 0 Å². The summed E-state index contributed by atoms with van der Waals surface area (Å²) in [6.45, 7) is 1.37. The summed E-state index contributed by atoms with van der Waals surface area (Å²) in [7, 11) is 0. The highest BCUT2D eigenvalue weighted by Crippen LogP contribution is 2.39. The fraction of sp³-hybridized carbons (Fsp3) is 0.471. The quantitative estimate of drug-likeness (QED) is 0.669. The summed E-state index contributed by atoms with van der Waals surface area (Å²) in [4.78, 5) is 6.13. The topological polar surface area (TPSA) is 52.0 Å². The molecule has 0 saturated heterocycles. The molecule has 2 aliphatic carbocycles. The number of thiocarbonyl (C=S) groups is 1. The van der Waals surface area contributed by atoms with Crippen LogP contribution < -0.4 is 5.32 Å². The molecule has 0 amide bonds. The molecule has 0 aliphatic heterocycles. The van der Waals surface area contributed by atoms with E-state index in [9.17, 15) is 0 Å². The molecule has 1 saturated carbocycles. The summed E-state index contributed by atoms with van der Waals surface area (Å²) in [5.41, 5.74) is 1.16. The molecule has 114 valence electrons. The summed E-state index contributed by atoms with van der Waals surface area (Å²) < 4.78 is 0. The Labute approximate surface area is 136 Å². The van der Waals surface area contributed by atoms with Crippen molar-refractivity contribution >= 4 is 17.3 Å². The molecule has 1 N–H and O–H groups in total.